The van der Waals surface area contributed by atoms with Crippen molar-refractivity contribution < 1.29 is 9.90 Å². The Morgan fingerprint density at radius 2 is 2.12 bits per heavy atom. The van der Waals surface area contributed by atoms with E-state index in [0.29, 0.717) is 11.4 Å². The van der Waals surface area contributed by atoms with Crippen molar-refractivity contribution in [3.63, 3.8) is 0 Å². The zero-order valence-electron chi connectivity index (χ0n) is 8.89. The summed E-state index contributed by atoms with van der Waals surface area (Å²) in [4.78, 5) is 20.1. The van der Waals surface area contributed by atoms with Crippen LogP contribution in [0.1, 0.15) is 21.6 Å². The van der Waals surface area contributed by atoms with E-state index >= 15 is 0 Å². The van der Waals surface area contributed by atoms with E-state index in [1.165, 1.54) is 11.3 Å². The fourth-order valence-electron chi connectivity index (χ4n) is 1.37. The van der Waals surface area contributed by atoms with Gasteiger partial charge in [0, 0.05) is 11.8 Å². The zero-order chi connectivity index (χ0) is 11.7. The van der Waals surface area contributed by atoms with Crippen LogP contribution in [0.3, 0.4) is 0 Å². The van der Waals surface area contributed by atoms with Gasteiger partial charge in [0.25, 0.3) is 0 Å². The number of nitrogens with zero attached hydrogens (tertiary/aromatic N) is 2. The summed E-state index contributed by atoms with van der Waals surface area (Å²) in [5.41, 5.74) is 1.70. The van der Waals surface area contributed by atoms with Gasteiger partial charge in [0.05, 0.1) is 4.88 Å². The van der Waals surface area contributed by atoms with Gasteiger partial charge in [-0.2, -0.15) is 0 Å². The number of hydrogen-bond acceptors (Lipinski definition) is 4. The number of hydrogen-bond donors (Lipinski definition) is 1. The Labute approximate surface area is 96.6 Å². The molecule has 16 heavy (non-hydrogen) atoms. The van der Waals surface area contributed by atoms with Crippen LogP contribution in [-0.4, -0.2) is 21.0 Å². The molecule has 0 saturated heterocycles. The summed E-state index contributed by atoms with van der Waals surface area (Å²) in [7, 11) is 0. The standard InChI is InChI=1S/C11H10N2O2S/c1-6-3-4-16-9(6)10-12-5-7(2)8(13-10)11(14)15/h3-5H,1-2H3,(H,14,15). The van der Waals surface area contributed by atoms with Crippen molar-refractivity contribution in [3.8, 4) is 10.7 Å². The molecule has 0 radical (unpaired) electrons. The van der Waals surface area contributed by atoms with Crippen LogP contribution < -0.4 is 0 Å². The fourth-order valence-corrected chi connectivity index (χ4v) is 2.24. The number of aryl methyl sites for hydroxylation is 2. The van der Waals surface area contributed by atoms with Gasteiger partial charge in [0.1, 0.15) is 0 Å². The summed E-state index contributed by atoms with van der Waals surface area (Å²) < 4.78 is 0. The molecule has 82 valence electrons. The average molecular weight is 234 g/mol. The third-order valence-electron chi connectivity index (χ3n) is 2.24. The van der Waals surface area contributed by atoms with Crippen LogP contribution in [-0.2, 0) is 0 Å². The Bertz CT molecular complexity index is 549. The first-order valence-corrected chi connectivity index (χ1v) is 5.59. The molecule has 1 N–H and O–H groups in total. The minimum Gasteiger partial charge on any atom is -0.477 e. The highest BCUT2D eigenvalue weighted by atomic mass is 32.1. The topological polar surface area (TPSA) is 63.1 Å². The van der Waals surface area contributed by atoms with Gasteiger partial charge in [-0.1, -0.05) is 0 Å². The van der Waals surface area contributed by atoms with Crippen LogP contribution >= 0.6 is 11.3 Å². The fraction of sp³-hybridized carbons (Fsp3) is 0.182. The summed E-state index contributed by atoms with van der Waals surface area (Å²) >= 11 is 1.51. The predicted octanol–water partition coefficient (Wildman–Crippen LogP) is 2.52. The molecule has 0 amide bonds. The number of aromatic carboxylic acids is 1. The van der Waals surface area contributed by atoms with E-state index in [0.717, 1.165) is 10.4 Å². The molecule has 0 spiro atoms. The van der Waals surface area contributed by atoms with Gasteiger partial charge in [0.2, 0.25) is 0 Å². The lowest BCUT2D eigenvalue weighted by Gasteiger charge is -2.02. The normalized spacial score (nSPS) is 10.4. The first-order chi connectivity index (χ1) is 7.59. The molecule has 0 saturated carbocycles. The van der Waals surface area contributed by atoms with Gasteiger partial charge < -0.3 is 5.11 Å². The Morgan fingerprint density at radius 1 is 1.38 bits per heavy atom. The minimum absolute atomic E-state index is 0.0674. The van der Waals surface area contributed by atoms with Crippen molar-refractivity contribution in [3.05, 3.63) is 34.5 Å². The number of aromatic nitrogens is 2. The Hall–Kier alpha value is -1.75. The number of thiophene rings is 1. The molecule has 0 aliphatic carbocycles. The largest absolute Gasteiger partial charge is 0.477 e. The van der Waals surface area contributed by atoms with Crippen LogP contribution in [0.5, 0.6) is 0 Å². The zero-order valence-corrected chi connectivity index (χ0v) is 9.71. The third kappa shape index (κ3) is 1.81. The molecule has 2 heterocycles. The monoisotopic (exact) mass is 234 g/mol. The van der Waals surface area contributed by atoms with Gasteiger partial charge >= 0.3 is 5.97 Å². The first kappa shape index (κ1) is 10.8. The van der Waals surface area contributed by atoms with Crippen molar-refractivity contribution in [2.45, 2.75) is 13.8 Å². The van der Waals surface area contributed by atoms with E-state index in [2.05, 4.69) is 9.97 Å². The van der Waals surface area contributed by atoms with E-state index in [1.807, 2.05) is 18.4 Å². The molecule has 0 fully saturated rings. The quantitative estimate of drug-likeness (QED) is 0.867. The molecule has 0 unspecified atom stereocenters. The predicted molar refractivity (Wildman–Crippen MR) is 61.8 cm³/mol. The first-order valence-electron chi connectivity index (χ1n) is 4.71. The molecular formula is C11H10N2O2S. The van der Waals surface area contributed by atoms with Crippen molar-refractivity contribution >= 4 is 17.3 Å². The van der Waals surface area contributed by atoms with Crippen molar-refractivity contribution in [2.75, 3.05) is 0 Å². The molecule has 2 aromatic rings. The molecule has 5 heteroatoms. The van der Waals surface area contributed by atoms with E-state index in [1.54, 1.807) is 13.1 Å². The van der Waals surface area contributed by atoms with E-state index in [9.17, 15) is 4.79 Å². The van der Waals surface area contributed by atoms with Crippen LogP contribution in [0, 0.1) is 13.8 Å². The molecule has 0 aliphatic heterocycles. The maximum atomic E-state index is 10.9. The average Bonchev–Trinajstić information content (AvgIpc) is 2.65. The highest BCUT2D eigenvalue weighted by molar-refractivity contribution is 7.13. The number of carboxylic acid groups (broad SMARTS) is 1. The molecule has 0 bridgehead atoms. The maximum absolute atomic E-state index is 10.9. The molecule has 0 atom stereocenters. The van der Waals surface area contributed by atoms with Crippen molar-refractivity contribution in [1.82, 2.24) is 9.97 Å². The Kier molecular flexibility index (Phi) is 2.70. The van der Waals surface area contributed by atoms with E-state index < -0.39 is 5.97 Å². The van der Waals surface area contributed by atoms with E-state index in [-0.39, 0.29) is 5.69 Å². The molecule has 2 rings (SSSR count). The van der Waals surface area contributed by atoms with Crippen molar-refractivity contribution in [1.29, 1.82) is 0 Å². The van der Waals surface area contributed by atoms with Crippen LogP contribution in [0.4, 0.5) is 0 Å². The summed E-state index contributed by atoms with van der Waals surface area (Å²) in [6.07, 6.45) is 1.55. The smallest absolute Gasteiger partial charge is 0.354 e. The molecular weight excluding hydrogens is 224 g/mol. The van der Waals surface area contributed by atoms with Gasteiger partial charge in [-0.3, -0.25) is 0 Å². The Morgan fingerprint density at radius 3 is 2.69 bits per heavy atom. The van der Waals surface area contributed by atoms with Gasteiger partial charge in [-0.25, -0.2) is 14.8 Å². The van der Waals surface area contributed by atoms with Gasteiger partial charge in [0.15, 0.2) is 11.5 Å². The summed E-state index contributed by atoms with van der Waals surface area (Å²) in [5.74, 6) is -0.536. The number of rotatable bonds is 2. The van der Waals surface area contributed by atoms with Gasteiger partial charge in [-0.15, -0.1) is 11.3 Å². The van der Waals surface area contributed by atoms with Crippen LogP contribution in [0.15, 0.2) is 17.6 Å². The number of carboxylic acids is 1. The highest BCUT2D eigenvalue weighted by Crippen LogP contribution is 2.26. The van der Waals surface area contributed by atoms with E-state index in [4.69, 9.17) is 5.11 Å². The molecule has 0 aromatic carbocycles. The summed E-state index contributed by atoms with van der Waals surface area (Å²) in [6.45, 7) is 3.64. The minimum atomic E-state index is -1.02. The second kappa shape index (κ2) is 4.02. The Balaban J connectivity index is 2.56. The molecule has 4 nitrogen and oxygen atoms in total. The molecule has 2 aromatic heterocycles. The lowest BCUT2D eigenvalue weighted by atomic mass is 10.2. The SMILES string of the molecule is Cc1cnc(-c2sccc2C)nc1C(=O)O. The molecule has 0 aliphatic rings. The van der Waals surface area contributed by atoms with Crippen molar-refractivity contribution in [2.24, 2.45) is 0 Å². The summed E-state index contributed by atoms with van der Waals surface area (Å²) in [6, 6.07) is 1.96. The third-order valence-corrected chi connectivity index (χ3v) is 3.25. The van der Waals surface area contributed by atoms with Crippen LogP contribution in [0.2, 0.25) is 0 Å². The van der Waals surface area contributed by atoms with Crippen LogP contribution in [0.25, 0.3) is 10.7 Å². The van der Waals surface area contributed by atoms with Gasteiger partial charge in [-0.05, 0) is 30.9 Å². The highest BCUT2D eigenvalue weighted by Gasteiger charge is 2.13. The second-order valence-electron chi connectivity index (χ2n) is 3.46. The number of carbonyl (C=O) groups is 1. The summed E-state index contributed by atoms with van der Waals surface area (Å²) in [5, 5.41) is 10.9. The lowest BCUT2D eigenvalue weighted by molar-refractivity contribution is 0.0689. The maximum Gasteiger partial charge on any atom is 0.354 e. The second-order valence-corrected chi connectivity index (χ2v) is 4.38. The lowest BCUT2D eigenvalue weighted by Crippen LogP contribution is -2.05.